The van der Waals surface area contributed by atoms with Crippen molar-refractivity contribution in [1.82, 2.24) is 15.3 Å². The molecule has 6 heteroatoms. The molecule has 120 valence electrons. The number of rotatable bonds is 3. The maximum Gasteiger partial charge on any atom is 0.180 e. The normalized spacial score (nSPS) is 13.6. The lowest BCUT2D eigenvalue weighted by molar-refractivity contribution is 0.0983. The average molecular weight is 339 g/mol. The van der Waals surface area contributed by atoms with Crippen molar-refractivity contribution < 1.29 is 4.79 Å². The second kappa shape index (κ2) is 6.11. The first-order valence-corrected chi connectivity index (χ1v) is 8.02. The molecule has 1 aromatic carbocycles. The lowest BCUT2D eigenvalue weighted by atomic mass is 10.0. The Labute approximate surface area is 144 Å². The number of hydrogen-bond donors (Lipinski definition) is 3. The van der Waals surface area contributed by atoms with Gasteiger partial charge in [0, 0.05) is 35.9 Å². The average Bonchev–Trinajstić information content (AvgIpc) is 2.96. The number of anilines is 2. The van der Waals surface area contributed by atoms with Crippen molar-refractivity contribution in [3.63, 3.8) is 0 Å². The van der Waals surface area contributed by atoms with E-state index in [0.29, 0.717) is 23.7 Å². The van der Waals surface area contributed by atoms with E-state index in [0.717, 1.165) is 28.3 Å². The van der Waals surface area contributed by atoms with Crippen molar-refractivity contribution in [1.29, 1.82) is 0 Å². The molecular formula is C18H15ClN4O. The van der Waals surface area contributed by atoms with Crippen LogP contribution in [0.25, 0.3) is 11.3 Å². The molecule has 1 aliphatic rings. The highest BCUT2D eigenvalue weighted by Gasteiger charge is 2.27. The van der Waals surface area contributed by atoms with Gasteiger partial charge in [-0.1, -0.05) is 29.8 Å². The number of fused-ring (bicyclic) bond motifs is 1. The van der Waals surface area contributed by atoms with E-state index in [-0.39, 0.29) is 5.78 Å². The summed E-state index contributed by atoms with van der Waals surface area (Å²) in [5, 5.41) is 7.02. The lowest BCUT2D eigenvalue weighted by Crippen LogP contribution is -2.29. The fourth-order valence-electron chi connectivity index (χ4n) is 2.95. The van der Waals surface area contributed by atoms with E-state index in [4.69, 9.17) is 11.6 Å². The third kappa shape index (κ3) is 2.58. The number of halogens is 1. The van der Waals surface area contributed by atoms with E-state index in [1.54, 1.807) is 12.4 Å². The van der Waals surface area contributed by atoms with Gasteiger partial charge in [-0.25, -0.2) is 0 Å². The van der Waals surface area contributed by atoms with Crippen molar-refractivity contribution in [3.8, 4) is 11.3 Å². The lowest BCUT2D eigenvalue weighted by Gasteiger charge is -2.14. The van der Waals surface area contributed by atoms with Crippen LogP contribution in [0.5, 0.6) is 0 Å². The van der Waals surface area contributed by atoms with Crippen LogP contribution >= 0.6 is 11.6 Å². The minimum atomic E-state index is 0.0577. The Morgan fingerprint density at radius 3 is 2.75 bits per heavy atom. The Morgan fingerprint density at radius 2 is 1.96 bits per heavy atom. The second-order valence-electron chi connectivity index (χ2n) is 5.60. The van der Waals surface area contributed by atoms with Gasteiger partial charge in [-0.05, 0) is 18.2 Å². The molecule has 24 heavy (non-hydrogen) atoms. The van der Waals surface area contributed by atoms with E-state index in [9.17, 15) is 4.79 Å². The summed E-state index contributed by atoms with van der Waals surface area (Å²) in [7, 11) is 0. The standard InChI is InChI=1S/C18H15ClN4O/c19-13-8-20-7-6-12(13)17-18(22-11-4-2-1-3-5-11)16-14(23-17)9-21-10-15(16)24/h1-8,21-23H,9-10H2. The zero-order valence-corrected chi connectivity index (χ0v) is 13.5. The molecule has 0 unspecified atom stereocenters. The summed E-state index contributed by atoms with van der Waals surface area (Å²) in [6.45, 7) is 0.949. The number of H-pyrrole nitrogens is 1. The molecule has 0 radical (unpaired) electrons. The van der Waals surface area contributed by atoms with Crippen LogP contribution in [0.4, 0.5) is 11.4 Å². The zero-order valence-electron chi connectivity index (χ0n) is 12.8. The molecule has 2 aromatic heterocycles. The van der Waals surface area contributed by atoms with Gasteiger partial charge in [0.1, 0.15) is 0 Å². The van der Waals surface area contributed by atoms with E-state index in [2.05, 4.69) is 20.6 Å². The number of nitrogens with one attached hydrogen (secondary N) is 3. The van der Waals surface area contributed by atoms with E-state index in [1.165, 1.54) is 0 Å². The summed E-state index contributed by atoms with van der Waals surface area (Å²) in [6, 6.07) is 11.6. The van der Waals surface area contributed by atoms with E-state index >= 15 is 0 Å². The zero-order chi connectivity index (χ0) is 16.5. The molecule has 0 saturated carbocycles. The maximum absolute atomic E-state index is 12.5. The first-order valence-electron chi connectivity index (χ1n) is 7.65. The van der Waals surface area contributed by atoms with Gasteiger partial charge in [0.25, 0.3) is 0 Å². The predicted octanol–water partition coefficient (Wildman–Crippen LogP) is 3.76. The Morgan fingerprint density at radius 1 is 1.12 bits per heavy atom. The molecule has 3 heterocycles. The van der Waals surface area contributed by atoms with Crippen LogP contribution in [0.2, 0.25) is 5.02 Å². The van der Waals surface area contributed by atoms with Gasteiger partial charge >= 0.3 is 0 Å². The number of benzene rings is 1. The van der Waals surface area contributed by atoms with Gasteiger partial charge in [0.15, 0.2) is 5.78 Å². The Hall–Kier alpha value is -2.63. The van der Waals surface area contributed by atoms with Crippen LogP contribution in [-0.2, 0) is 6.54 Å². The molecule has 0 bridgehead atoms. The number of para-hydroxylation sites is 1. The Balaban J connectivity index is 1.90. The first kappa shape index (κ1) is 14.9. The molecule has 4 rings (SSSR count). The van der Waals surface area contributed by atoms with Gasteiger partial charge in [-0.2, -0.15) is 0 Å². The van der Waals surface area contributed by atoms with Crippen molar-refractivity contribution in [2.24, 2.45) is 0 Å². The smallest absolute Gasteiger partial charge is 0.180 e. The highest BCUT2D eigenvalue weighted by molar-refractivity contribution is 6.33. The van der Waals surface area contributed by atoms with Gasteiger partial charge in [0.05, 0.1) is 28.5 Å². The molecular weight excluding hydrogens is 324 g/mol. The topological polar surface area (TPSA) is 69.8 Å². The van der Waals surface area contributed by atoms with E-state index < -0.39 is 0 Å². The number of aromatic nitrogens is 2. The highest BCUT2D eigenvalue weighted by atomic mass is 35.5. The molecule has 0 amide bonds. The van der Waals surface area contributed by atoms with Crippen molar-refractivity contribution >= 4 is 28.8 Å². The quantitative estimate of drug-likeness (QED) is 0.680. The second-order valence-corrected chi connectivity index (χ2v) is 6.01. The fourth-order valence-corrected chi connectivity index (χ4v) is 3.17. The van der Waals surface area contributed by atoms with Crippen LogP contribution in [0.15, 0.2) is 48.8 Å². The van der Waals surface area contributed by atoms with Crippen molar-refractivity contribution in [3.05, 3.63) is 65.1 Å². The third-order valence-electron chi connectivity index (χ3n) is 4.03. The predicted molar refractivity (Wildman–Crippen MR) is 94.8 cm³/mol. The summed E-state index contributed by atoms with van der Waals surface area (Å²) in [5.41, 5.74) is 4.85. The Bertz CT molecular complexity index is 905. The molecule has 0 atom stereocenters. The van der Waals surface area contributed by atoms with Gasteiger partial charge < -0.3 is 15.6 Å². The summed E-state index contributed by atoms with van der Waals surface area (Å²) in [6.07, 6.45) is 3.29. The van der Waals surface area contributed by atoms with Crippen molar-refractivity contribution in [2.75, 3.05) is 11.9 Å². The molecule has 1 aliphatic heterocycles. The first-order chi connectivity index (χ1) is 11.7. The molecule has 0 fully saturated rings. The van der Waals surface area contributed by atoms with Crippen LogP contribution in [-0.4, -0.2) is 22.3 Å². The number of aromatic amines is 1. The molecule has 3 N–H and O–H groups in total. The summed E-state index contributed by atoms with van der Waals surface area (Å²) in [5.74, 6) is 0.0577. The molecule has 5 nitrogen and oxygen atoms in total. The summed E-state index contributed by atoms with van der Waals surface area (Å²) in [4.78, 5) is 19.8. The van der Waals surface area contributed by atoms with Gasteiger partial charge in [-0.15, -0.1) is 0 Å². The number of carbonyl (C=O) groups excluding carboxylic acids is 1. The number of hydrogen-bond acceptors (Lipinski definition) is 4. The summed E-state index contributed by atoms with van der Waals surface area (Å²) < 4.78 is 0. The van der Waals surface area contributed by atoms with Gasteiger partial charge in [0.2, 0.25) is 0 Å². The largest absolute Gasteiger partial charge is 0.355 e. The highest BCUT2D eigenvalue weighted by Crippen LogP contribution is 2.39. The van der Waals surface area contributed by atoms with Crippen molar-refractivity contribution in [2.45, 2.75) is 6.54 Å². The van der Waals surface area contributed by atoms with E-state index in [1.807, 2.05) is 36.4 Å². The van der Waals surface area contributed by atoms with Crippen LogP contribution < -0.4 is 10.6 Å². The third-order valence-corrected chi connectivity index (χ3v) is 4.33. The number of Topliss-reactive ketones (excluding diaryl/α,β-unsaturated/α-hetero) is 1. The van der Waals surface area contributed by atoms with Crippen LogP contribution in [0.1, 0.15) is 16.1 Å². The summed E-state index contributed by atoms with van der Waals surface area (Å²) >= 11 is 6.32. The Kier molecular flexibility index (Phi) is 3.80. The minimum absolute atomic E-state index is 0.0577. The fraction of sp³-hybridized carbons (Fsp3) is 0.111. The van der Waals surface area contributed by atoms with Crippen LogP contribution in [0.3, 0.4) is 0 Å². The van der Waals surface area contributed by atoms with Crippen LogP contribution in [0, 0.1) is 0 Å². The number of pyridine rings is 1. The minimum Gasteiger partial charge on any atom is -0.355 e. The number of ketones is 1. The molecule has 0 aliphatic carbocycles. The molecule has 0 spiro atoms. The maximum atomic E-state index is 12.5. The SMILES string of the molecule is O=C1CNCc2[nH]c(-c3ccncc3Cl)c(Nc3ccccc3)c21. The monoisotopic (exact) mass is 338 g/mol. The molecule has 0 saturated heterocycles. The van der Waals surface area contributed by atoms with Gasteiger partial charge in [-0.3, -0.25) is 9.78 Å². The number of carbonyl (C=O) groups is 1. The number of nitrogens with zero attached hydrogens (tertiary/aromatic N) is 1. The molecule has 3 aromatic rings.